The van der Waals surface area contributed by atoms with Crippen molar-refractivity contribution in [2.45, 2.75) is 19.4 Å². The van der Waals surface area contributed by atoms with Crippen molar-refractivity contribution in [1.82, 2.24) is 10.3 Å². The number of amides is 2. The first-order valence-corrected chi connectivity index (χ1v) is 10.4. The highest BCUT2D eigenvalue weighted by molar-refractivity contribution is 6.35. The monoisotopic (exact) mass is 477 g/mol. The van der Waals surface area contributed by atoms with E-state index in [1.54, 1.807) is 48.5 Å². The van der Waals surface area contributed by atoms with Crippen LogP contribution >= 0.6 is 34.8 Å². The first kappa shape index (κ1) is 22.9. The molecule has 1 atom stereocenters. The van der Waals surface area contributed by atoms with Gasteiger partial charge in [-0.3, -0.25) is 9.59 Å². The van der Waals surface area contributed by atoms with E-state index < -0.39 is 6.04 Å². The van der Waals surface area contributed by atoms with Gasteiger partial charge in [-0.15, -0.1) is 0 Å². The van der Waals surface area contributed by atoms with Crippen LogP contribution in [0.1, 0.15) is 24.9 Å². The fourth-order valence-corrected chi connectivity index (χ4v) is 3.36. The molecule has 1 unspecified atom stereocenters. The topological polar surface area (TPSA) is 80.3 Å². The molecule has 160 valence electrons. The lowest BCUT2D eigenvalue weighted by Crippen LogP contribution is -2.29. The number of hydrogen-bond acceptors (Lipinski definition) is 4. The summed E-state index contributed by atoms with van der Waals surface area (Å²) in [5.41, 5.74) is 1.19. The predicted octanol–water partition coefficient (Wildman–Crippen LogP) is 6.04. The number of carbonyl (C=O) groups excluding carboxylic acids is 2. The second kappa shape index (κ2) is 10.5. The summed E-state index contributed by atoms with van der Waals surface area (Å²) in [6, 6.07) is 14.8. The number of halogens is 3. The molecule has 0 bridgehead atoms. The Labute approximate surface area is 194 Å². The maximum absolute atomic E-state index is 12.8. The fourth-order valence-electron chi connectivity index (χ4n) is 2.82. The van der Waals surface area contributed by atoms with E-state index >= 15 is 0 Å². The Bertz CT molecular complexity index is 1090. The highest BCUT2D eigenvalue weighted by Gasteiger charge is 2.19. The molecule has 0 radical (unpaired) electrons. The standard InChI is InChI=1S/C22H18Cl3N3O3/c1-13(29)27-19(14-6-8-15(23)9-7-14)11-21(30)28-18-4-2-3-5-20(18)31-22-17(25)10-16(24)12-26-22/h2-10,12,19H,11H2,1H3,(H,27,29)(H,28,30). The molecule has 3 aromatic rings. The van der Waals surface area contributed by atoms with Gasteiger partial charge in [0.2, 0.25) is 17.7 Å². The van der Waals surface area contributed by atoms with Crippen LogP contribution in [0, 0.1) is 0 Å². The minimum atomic E-state index is -0.518. The molecule has 9 heteroatoms. The third-order valence-electron chi connectivity index (χ3n) is 4.18. The molecule has 0 saturated carbocycles. The normalized spacial score (nSPS) is 11.5. The van der Waals surface area contributed by atoms with E-state index in [0.717, 1.165) is 5.56 Å². The Morgan fingerprint density at radius 3 is 2.42 bits per heavy atom. The van der Waals surface area contributed by atoms with Gasteiger partial charge in [0.15, 0.2) is 5.75 Å². The molecule has 0 saturated heterocycles. The zero-order chi connectivity index (χ0) is 22.4. The number of para-hydroxylation sites is 2. The van der Waals surface area contributed by atoms with Crippen molar-refractivity contribution in [3.05, 3.63) is 81.4 Å². The number of benzene rings is 2. The van der Waals surface area contributed by atoms with E-state index in [1.165, 1.54) is 19.2 Å². The number of carbonyl (C=O) groups is 2. The van der Waals surface area contributed by atoms with Gasteiger partial charge in [0.25, 0.3) is 0 Å². The number of rotatable bonds is 7. The van der Waals surface area contributed by atoms with Crippen molar-refractivity contribution in [3.63, 3.8) is 0 Å². The number of hydrogen-bond donors (Lipinski definition) is 2. The van der Waals surface area contributed by atoms with Crippen molar-refractivity contribution in [1.29, 1.82) is 0 Å². The zero-order valence-corrected chi connectivity index (χ0v) is 18.6. The maximum atomic E-state index is 12.8. The molecule has 31 heavy (non-hydrogen) atoms. The molecule has 2 amide bonds. The van der Waals surface area contributed by atoms with E-state index in [-0.39, 0.29) is 29.1 Å². The van der Waals surface area contributed by atoms with Crippen LogP contribution < -0.4 is 15.4 Å². The highest BCUT2D eigenvalue weighted by Crippen LogP contribution is 2.33. The van der Waals surface area contributed by atoms with Crippen LogP contribution in [0.3, 0.4) is 0 Å². The quantitative estimate of drug-likeness (QED) is 0.434. The lowest BCUT2D eigenvalue weighted by molar-refractivity contribution is -0.120. The summed E-state index contributed by atoms with van der Waals surface area (Å²) in [5.74, 6) is -0.0555. The van der Waals surface area contributed by atoms with E-state index in [2.05, 4.69) is 15.6 Å². The van der Waals surface area contributed by atoms with E-state index in [1.807, 2.05) is 0 Å². The summed E-state index contributed by atoms with van der Waals surface area (Å²) in [6.07, 6.45) is 1.42. The van der Waals surface area contributed by atoms with Crippen LogP contribution in [0.25, 0.3) is 0 Å². The average molecular weight is 479 g/mol. The Morgan fingerprint density at radius 2 is 1.74 bits per heavy atom. The van der Waals surface area contributed by atoms with Crippen molar-refractivity contribution in [3.8, 4) is 11.6 Å². The largest absolute Gasteiger partial charge is 0.435 e. The van der Waals surface area contributed by atoms with Crippen molar-refractivity contribution < 1.29 is 14.3 Å². The molecule has 0 aliphatic heterocycles. The Kier molecular flexibility index (Phi) is 7.74. The summed E-state index contributed by atoms with van der Waals surface area (Å²) in [7, 11) is 0. The van der Waals surface area contributed by atoms with E-state index in [0.29, 0.717) is 21.5 Å². The highest BCUT2D eigenvalue weighted by atomic mass is 35.5. The summed E-state index contributed by atoms with van der Waals surface area (Å²) < 4.78 is 5.76. The van der Waals surface area contributed by atoms with Gasteiger partial charge in [0.05, 0.1) is 23.2 Å². The smallest absolute Gasteiger partial charge is 0.238 e. The molecule has 1 aromatic heterocycles. The van der Waals surface area contributed by atoms with Gasteiger partial charge in [-0.1, -0.05) is 59.1 Å². The predicted molar refractivity (Wildman–Crippen MR) is 122 cm³/mol. The van der Waals surface area contributed by atoms with Crippen molar-refractivity contribution in [2.24, 2.45) is 0 Å². The lowest BCUT2D eigenvalue weighted by Gasteiger charge is -2.19. The zero-order valence-electron chi connectivity index (χ0n) is 16.4. The maximum Gasteiger partial charge on any atom is 0.238 e. The van der Waals surface area contributed by atoms with Crippen LogP contribution in [0.15, 0.2) is 60.8 Å². The van der Waals surface area contributed by atoms with Gasteiger partial charge in [-0.25, -0.2) is 4.98 Å². The molecule has 0 aliphatic carbocycles. The van der Waals surface area contributed by atoms with Crippen LogP contribution in [-0.2, 0) is 9.59 Å². The van der Waals surface area contributed by atoms with Gasteiger partial charge in [0.1, 0.15) is 5.02 Å². The van der Waals surface area contributed by atoms with Crippen molar-refractivity contribution >= 4 is 52.3 Å². The Morgan fingerprint density at radius 1 is 1.03 bits per heavy atom. The van der Waals surface area contributed by atoms with Crippen molar-refractivity contribution in [2.75, 3.05) is 5.32 Å². The molecular formula is C22H18Cl3N3O3. The van der Waals surface area contributed by atoms with E-state index in [9.17, 15) is 9.59 Å². The molecule has 6 nitrogen and oxygen atoms in total. The number of nitrogens with zero attached hydrogens (tertiary/aromatic N) is 1. The number of anilines is 1. The van der Waals surface area contributed by atoms with Gasteiger partial charge in [-0.2, -0.15) is 0 Å². The Balaban J connectivity index is 1.76. The third kappa shape index (κ3) is 6.59. The number of aromatic nitrogens is 1. The second-order valence-electron chi connectivity index (χ2n) is 6.60. The minimum absolute atomic E-state index is 0.00942. The first-order chi connectivity index (χ1) is 14.8. The molecule has 3 rings (SSSR count). The van der Waals surface area contributed by atoms with E-state index in [4.69, 9.17) is 39.5 Å². The summed E-state index contributed by atoms with van der Waals surface area (Å²) >= 11 is 17.9. The lowest BCUT2D eigenvalue weighted by atomic mass is 10.0. The first-order valence-electron chi connectivity index (χ1n) is 9.22. The van der Waals surface area contributed by atoms with Gasteiger partial charge >= 0.3 is 0 Å². The number of nitrogens with one attached hydrogen (secondary N) is 2. The minimum Gasteiger partial charge on any atom is -0.435 e. The second-order valence-corrected chi connectivity index (χ2v) is 7.88. The number of pyridine rings is 1. The summed E-state index contributed by atoms with van der Waals surface area (Å²) in [6.45, 7) is 1.40. The van der Waals surface area contributed by atoms with Crippen LogP contribution in [0.4, 0.5) is 5.69 Å². The third-order valence-corrected chi connectivity index (χ3v) is 4.91. The number of ether oxygens (including phenoxy) is 1. The summed E-state index contributed by atoms with van der Waals surface area (Å²) in [4.78, 5) is 28.5. The average Bonchev–Trinajstić information content (AvgIpc) is 2.71. The van der Waals surface area contributed by atoms with Gasteiger partial charge in [-0.05, 0) is 35.9 Å². The summed E-state index contributed by atoms with van der Waals surface area (Å²) in [5, 5.41) is 6.78. The fraction of sp³-hybridized carbons (Fsp3) is 0.136. The molecule has 0 spiro atoms. The molecule has 2 N–H and O–H groups in total. The molecular weight excluding hydrogens is 461 g/mol. The van der Waals surface area contributed by atoms with Crippen LogP contribution in [0.2, 0.25) is 15.1 Å². The Hall–Kier alpha value is -2.80. The van der Waals surface area contributed by atoms with Crippen LogP contribution in [0.5, 0.6) is 11.6 Å². The SMILES string of the molecule is CC(=O)NC(CC(=O)Nc1ccccc1Oc1ncc(Cl)cc1Cl)c1ccc(Cl)cc1. The molecule has 0 fully saturated rings. The molecule has 1 heterocycles. The molecule has 2 aromatic carbocycles. The van der Waals surface area contributed by atoms with Gasteiger partial charge < -0.3 is 15.4 Å². The van der Waals surface area contributed by atoms with Gasteiger partial charge in [0, 0.05) is 18.1 Å². The van der Waals surface area contributed by atoms with Crippen LogP contribution in [-0.4, -0.2) is 16.8 Å². The molecule has 0 aliphatic rings.